The quantitative estimate of drug-likeness (QED) is 0.742. The predicted molar refractivity (Wildman–Crippen MR) is 79.1 cm³/mol. The number of nitrogens with one attached hydrogen (secondary N) is 1. The Morgan fingerprint density at radius 2 is 2.09 bits per heavy atom. The molecule has 1 aromatic rings. The molecule has 22 heavy (non-hydrogen) atoms. The van der Waals surface area contributed by atoms with E-state index in [1.54, 1.807) is 12.4 Å². The molecule has 6 heteroatoms. The van der Waals surface area contributed by atoms with E-state index < -0.39 is 18.2 Å². The second-order valence-corrected chi connectivity index (χ2v) is 6.11. The molecule has 4 unspecified atom stereocenters. The van der Waals surface area contributed by atoms with Crippen molar-refractivity contribution in [3.8, 4) is 0 Å². The van der Waals surface area contributed by atoms with Crippen molar-refractivity contribution in [3.05, 3.63) is 30.1 Å². The Bertz CT molecular complexity index is 504. The molecule has 2 aliphatic rings. The summed E-state index contributed by atoms with van der Waals surface area (Å²) < 4.78 is 5.27. The number of aliphatic hydroxyl groups is 2. The summed E-state index contributed by atoms with van der Waals surface area (Å²) in [6.07, 6.45) is 3.46. The first-order valence-corrected chi connectivity index (χ1v) is 7.81. The minimum absolute atomic E-state index is 0.0599. The average molecular weight is 306 g/mol. The van der Waals surface area contributed by atoms with Gasteiger partial charge in [-0.05, 0) is 30.9 Å². The van der Waals surface area contributed by atoms with Gasteiger partial charge in [0.2, 0.25) is 5.91 Å². The summed E-state index contributed by atoms with van der Waals surface area (Å²) in [6, 6.07) is 3.26. The van der Waals surface area contributed by atoms with Gasteiger partial charge in [-0.25, -0.2) is 0 Å². The van der Waals surface area contributed by atoms with Gasteiger partial charge >= 0.3 is 0 Å². The van der Waals surface area contributed by atoms with Crippen LogP contribution in [0.5, 0.6) is 0 Å². The maximum Gasteiger partial charge on any atom is 0.223 e. The van der Waals surface area contributed by atoms with Gasteiger partial charge in [-0.3, -0.25) is 9.78 Å². The van der Waals surface area contributed by atoms with Gasteiger partial charge in [-0.1, -0.05) is 6.07 Å². The summed E-state index contributed by atoms with van der Waals surface area (Å²) in [6.45, 7) is 1.19. The van der Waals surface area contributed by atoms with E-state index in [0.29, 0.717) is 32.5 Å². The van der Waals surface area contributed by atoms with Crippen LogP contribution in [0.25, 0.3) is 0 Å². The highest BCUT2D eigenvalue weighted by atomic mass is 16.5. The van der Waals surface area contributed by atoms with E-state index in [-0.39, 0.29) is 17.7 Å². The Labute approximate surface area is 129 Å². The molecule has 1 saturated carbocycles. The van der Waals surface area contributed by atoms with Gasteiger partial charge in [0.25, 0.3) is 0 Å². The van der Waals surface area contributed by atoms with Crippen molar-refractivity contribution in [1.82, 2.24) is 10.3 Å². The highest BCUT2D eigenvalue weighted by molar-refractivity contribution is 5.79. The van der Waals surface area contributed by atoms with E-state index in [0.717, 1.165) is 5.56 Å². The molecular weight excluding hydrogens is 284 g/mol. The molecule has 1 aliphatic heterocycles. The first kappa shape index (κ1) is 15.4. The van der Waals surface area contributed by atoms with Crippen molar-refractivity contribution in [2.24, 2.45) is 5.92 Å². The number of nitrogens with zero attached hydrogens (tertiary/aromatic N) is 1. The third kappa shape index (κ3) is 3.14. The summed E-state index contributed by atoms with van der Waals surface area (Å²) in [4.78, 5) is 16.5. The van der Waals surface area contributed by atoms with Crippen LogP contribution in [-0.4, -0.2) is 52.6 Å². The summed E-state index contributed by atoms with van der Waals surface area (Å²) >= 11 is 0. The van der Waals surface area contributed by atoms with Crippen LogP contribution in [0.1, 0.15) is 30.7 Å². The van der Waals surface area contributed by atoms with Crippen LogP contribution in [0, 0.1) is 5.92 Å². The summed E-state index contributed by atoms with van der Waals surface area (Å²) in [5.41, 5.74) is 0.926. The highest BCUT2D eigenvalue weighted by Gasteiger charge is 2.43. The molecule has 3 rings (SSSR count). The molecule has 0 bridgehead atoms. The number of ether oxygens (including phenoxy) is 1. The third-order valence-electron chi connectivity index (χ3n) is 4.70. The largest absolute Gasteiger partial charge is 0.390 e. The third-order valence-corrected chi connectivity index (χ3v) is 4.70. The second-order valence-electron chi connectivity index (χ2n) is 6.11. The molecule has 0 spiro atoms. The summed E-state index contributed by atoms with van der Waals surface area (Å²) in [5.74, 6) is -0.258. The Hall–Kier alpha value is -1.50. The number of hydrogen-bond donors (Lipinski definition) is 3. The topological polar surface area (TPSA) is 91.7 Å². The first-order chi connectivity index (χ1) is 10.7. The van der Waals surface area contributed by atoms with Gasteiger partial charge in [0.1, 0.15) is 6.10 Å². The molecule has 4 atom stereocenters. The zero-order chi connectivity index (χ0) is 15.5. The maximum absolute atomic E-state index is 12.4. The van der Waals surface area contributed by atoms with E-state index in [9.17, 15) is 15.0 Å². The van der Waals surface area contributed by atoms with Crippen LogP contribution in [0.4, 0.5) is 0 Å². The van der Waals surface area contributed by atoms with Gasteiger partial charge < -0.3 is 20.3 Å². The number of carbonyl (C=O) groups excluding carboxylic acids is 1. The van der Waals surface area contributed by atoms with Crippen LogP contribution < -0.4 is 5.32 Å². The smallest absolute Gasteiger partial charge is 0.223 e. The molecule has 2 heterocycles. The Morgan fingerprint density at radius 1 is 1.32 bits per heavy atom. The Balaban J connectivity index is 1.72. The molecule has 0 radical (unpaired) electrons. The maximum atomic E-state index is 12.4. The van der Waals surface area contributed by atoms with Crippen molar-refractivity contribution in [2.75, 3.05) is 13.2 Å². The van der Waals surface area contributed by atoms with E-state index in [1.807, 2.05) is 12.1 Å². The highest BCUT2D eigenvalue weighted by Crippen LogP contribution is 2.35. The van der Waals surface area contributed by atoms with Crippen molar-refractivity contribution in [2.45, 2.75) is 43.4 Å². The number of pyridine rings is 1. The van der Waals surface area contributed by atoms with Crippen LogP contribution in [-0.2, 0) is 9.53 Å². The monoisotopic (exact) mass is 306 g/mol. The van der Waals surface area contributed by atoms with Crippen LogP contribution >= 0.6 is 0 Å². The van der Waals surface area contributed by atoms with Crippen molar-refractivity contribution < 1.29 is 19.7 Å². The van der Waals surface area contributed by atoms with Crippen LogP contribution in [0.3, 0.4) is 0 Å². The SMILES string of the molecule is O=C(NC1C(c2cccnc2)CC(O)C1O)C1CCOCC1. The number of rotatable bonds is 3. The molecule has 6 nitrogen and oxygen atoms in total. The lowest BCUT2D eigenvalue weighted by atomic mass is 9.93. The predicted octanol–water partition coefficient (Wildman–Crippen LogP) is 0.202. The van der Waals surface area contributed by atoms with Gasteiger partial charge in [0.05, 0.1) is 12.1 Å². The number of carbonyl (C=O) groups is 1. The second kappa shape index (κ2) is 6.73. The molecule has 1 amide bonds. The minimum Gasteiger partial charge on any atom is -0.390 e. The van der Waals surface area contributed by atoms with E-state index in [1.165, 1.54) is 0 Å². The van der Waals surface area contributed by atoms with Crippen molar-refractivity contribution >= 4 is 5.91 Å². The van der Waals surface area contributed by atoms with E-state index >= 15 is 0 Å². The summed E-state index contributed by atoms with van der Waals surface area (Å²) in [7, 11) is 0. The molecule has 1 aromatic heterocycles. The fraction of sp³-hybridized carbons (Fsp3) is 0.625. The lowest BCUT2D eigenvalue weighted by molar-refractivity contribution is -0.129. The van der Waals surface area contributed by atoms with Crippen LogP contribution in [0.15, 0.2) is 24.5 Å². The normalized spacial score (nSPS) is 32.8. The lowest BCUT2D eigenvalue weighted by Gasteiger charge is -2.27. The molecule has 1 aliphatic carbocycles. The van der Waals surface area contributed by atoms with Gasteiger partial charge in [-0.2, -0.15) is 0 Å². The molecular formula is C16H22N2O4. The van der Waals surface area contributed by atoms with Crippen molar-refractivity contribution in [1.29, 1.82) is 0 Å². The molecule has 3 N–H and O–H groups in total. The van der Waals surface area contributed by atoms with Crippen LogP contribution in [0.2, 0.25) is 0 Å². The molecule has 0 aromatic carbocycles. The molecule has 2 fully saturated rings. The minimum atomic E-state index is -0.950. The number of hydrogen-bond acceptors (Lipinski definition) is 5. The zero-order valence-electron chi connectivity index (χ0n) is 12.4. The fourth-order valence-electron chi connectivity index (χ4n) is 3.39. The standard InChI is InChI=1S/C16H22N2O4/c19-13-8-12(11-2-1-5-17-9-11)14(15(13)20)18-16(21)10-3-6-22-7-4-10/h1-2,5,9-10,12-15,19-20H,3-4,6-8H2,(H,18,21). The molecule has 120 valence electrons. The Morgan fingerprint density at radius 3 is 2.77 bits per heavy atom. The van der Waals surface area contributed by atoms with Gasteiger partial charge in [-0.15, -0.1) is 0 Å². The number of aliphatic hydroxyl groups excluding tert-OH is 2. The molecule has 1 saturated heterocycles. The fourth-order valence-corrected chi connectivity index (χ4v) is 3.39. The number of aromatic nitrogens is 1. The van der Waals surface area contributed by atoms with E-state index in [4.69, 9.17) is 4.74 Å². The zero-order valence-corrected chi connectivity index (χ0v) is 12.4. The van der Waals surface area contributed by atoms with Gasteiger partial charge in [0, 0.05) is 37.4 Å². The summed E-state index contributed by atoms with van der Waals surface area (Å²) in [5, 5.41) is 23.2. The lowest BCUT2D eigenvalue weighted by Crippen LogP contribution is -2.48. The number of amides is 1. The van der Waals surface area contributed by atoms with E-state index in [2.05, 4.69) is 10.3 Å². The first-order valence-electron chi connectivity index (χ1n) is 7.81. The van der Waals surface area contributed by atoms with Crippen molar-refractivity contribution in [3.63, 3.8) is 0 Å². The average Bonchev–Trinajstić information content (AvgIpc) is 2.85. The van der Waals surface area contributed by atoms with Gasteiger partial charge in [0.15, 0.2) is 0 Å². The Kier molecular flexibility index (Phi) is 4.71.